The second kappa shape index (κ2) is 6.74. The van der Waals surface area contributed by atoms with E-state index in [2.05, 4.69) is 19.9 Å². The lowest BCUT2D eigenvalue weighted by atomic mass is 10.0. The minimum absolute atomic E-state index is 0.263. The van der Waals surface area contributed by atoms with Crippen LogP contribution in [0.4, 0.5) is 0 Å². The average Bonchev–Trinajstić information content (AvgIpc) is 2.24. The third-order valence-corrected chi connectivity index (χ3v) is 3.60. The zero-order chi connectivity index (χ0) is 12.0. The second-order valence-corrected chi connectivity index (χ2v) is 5.25. The fourth-order valence-electron chi connectivity index (χ4n) is 1.62. The van der Waals surface area contributed by atoms with E-state index in [1.807, 2.05) is 19.1 Å². The first-order valence-electron chi connectivity index (χ1n) is 5.83. The first kappa shape index (κ1) is 13.3. The van der Waals surface area contributed by atoms with E-state index in [4.69, 9.17) is 0 Å². The number of benzene rings is 1. The van der Waals surface area contributed by atoms with E-state index in [0.29, 0.717) is 5.75 Å². The van der Waals surface area contributed by atoms with Gasteiger partial charge in [-0.15, -0.1) is 0 Å². The maximum absolute atomic E-state index is 11.9. The number of hydrogen-bond donors (Lipinski definition) is 0. The van der Waals surface area contributed by atoms with Gasteiger partial charge in [0.1, 0.15) is 0 Å². The van der Waals surface area contributed by atoms with Crippen molar-refractivity contribution in [2.24, 2.45) is 0 Å². The molecule has 0 aliphatic heterocycles. The summed E-state index contributed by atoms with van der Waals surface area (Å²) in [7, 11) is 0. The maximum atomic E-state index is 11.9. The predicted molar refractivity (Wildman–Crippen MR) is 72.5 cm³/mol. The summed E-state index contributed by atoms with van der Waals surface area (Å²) in [5, 5.41) is 0. The molecule has 0 heterocycles. The number of unbranched alkanes of at least 4 members (excludes halogenated alkanes) is 1. The summed E-state index contributed by atoms with van der Waals surface area (Å²) in [5.41, 5.74) is 3.20. The number of carbonyl (C=O) groups excluding carboxylic acids is 1. The van der Waals surface area contributed by atoms with Crippen LogP contribution in [0.1, 0.15) is 41.3 Å². The minimum Gasteiger partial charge on any atom is -0.293 e. The minimum atomic E-state index is 0.263. The van der Waals surface area contributed by atoms with Gasteiger partial charge >= 0.3 is 0 Å². The molecule has 0 bridgehead atoms. The van der Waals surface area contributed by atoms with Crippen LogP contribution in [0.2, 0.25) is 0 Å². The molecular weight excluding hydrogens is 216 g/mol. The molecule has 0 unspecified atom stereocenters. The van der Waals surface area contributed by atoms with Crippen LogP contribution in [0.25, 0.3) is 0 Å². The van der Waals surface area contributed by atoms with E-state index in [0.717, 1.165) is 16.9 Å². The zero-order valence-corrected chi connectivity index (χ0v) is 11.2. The number of carbonyl (C=O) groups is 1. The molecule has 0 amide bonds. The maximum Gasteiger partial charge on any atom is 0.172 e. The van der Waals surface area contributed by atoms with Crippen LogP contribution in [-0.2, 0) is 0 Å². The molecule has 1 aromatic rings. The Labute approximate surface area is 103 Å². The van der Waals surface area contributed by atoms with Crippen molar-refractivity contribution in [2.45, 2.75) is 33.6 Å². The highest BCUT2D eigenvalue weighted by molar-refractivity contribution is 7.99. The third-order valence-electron chi connectivity index (χ3n) is 2.56. The van der Waals surface area contributed by atoms with Gasteiger partial charge in [-0.3, -0.25) is 4.79 Å². The van der Waals surface area contributed by atoms with Crippen molar-refractivity contribution in [3.05, 3.63) is 34.9 Å². The topological polar surface area (TPSA) is 17.1 Å². The van der Waals surface area contributed by atoms with Crippen LogP contribution in [0.3, 0.4) is 0 Å². The molecule has 0 atom stereocenters. The van der Waals surface area contributed by atoms with E-state index in [9.17, 15) is 4.79 Å². The third kappa shape index (κ3) is 4.01. The van der Waals surface area contributed by atoms with E-state index in [-0.39, 0.29) is 5.78 Å². The van der Waals surface area contributed by atoms with Crippen molar-refractivity contribution in [1.29, 1.82) is 0 Å². The Morgan fingerprint density at radius 2 is 2.06 bits per heavy atom. The molecule has 0 saturated heterocycles. The van der Waals surface area contributed by atoms with Crippen molar-refractivity contribution in [2.75, 3.05) is 11.5 Å². The van der Waals surface area contributed by atoms with Gasteiger partial charge in [0.25, 0.3) is 0 Å². The Morgan fingerprint density at radius 3 is 2.69 bits per heavy atom. The Hall–Kier alpha value is -0.760. The van der Waals surface area contributed by atoms with E-state index >= 15 is 0 Å². The molecule has 0 spiro atoms. The van der Waals surface area contributed by atoms with Crippen LogP contribution >= 0.6 is 11.8 Å². The quantitative estimate of drug-likeness (QED) is 0.548. The smallest absolute Gasteiger partial charge is 0.172 e. The molecule has 0 radical (unpaired) electrons. The molecule has 0 N–H and O–H groups in total. The number of rotatable bonds is 6. The molecule has 1 rings (SSSR count). The average molecular weight is 236 g/mol. The Bertz CT molecular complexity index is 358. The van der Waals surface area contributed by atoms with Gasteiger partial charge in [-0.05, 0) is 31.6 Å². The summed E-state index contributed by atoms with van der Waals surface area (Å²) in [5.74, 6) is 1.97. The van der Waals surface area contributed by atoms with Gasteiger partial charge in [-0.25, -0.2) is 0 Å². The van der Waals surface area contributed by atoms with Crippen molar-refractivity contribution < 1.29 is 4.79 Å². The summed E-state index contributed by atoms with van der Waals surface area (Å²) >= 11 is 1.74. The lowest BCUT2D eigenvalue weighted by Crippen LogP contribution is -2.05. The fraction of sp³-hybridized carbons (Fsp3) is 0.500. The van der Waals surface area contributed by atoms with E-state index in [1.54, 1.807) is 11.8 Å². The van der Waals surface area contributed by atoms with Gasteiger partial charge < -0.3 is 0 Å². The van der Waals surface area contributed by atoms with Crippen molar-refractivity contribution >= 4 is 17.5 Å². The summed E-state index contributed by atoms with van der Waals surface area (Å²) in [6, 6.07) is 6.04. The second-order valence-electron chi connectivity index (χ2n) is 4.15. The number of thioether (sulfide) groups is 1. The summed E-state index contributed by atoms with van der Waals surface area (Å²) < 4.78 is 0. The highest BCUT2D eigenvalue weighted by Gasteiger charge is 2.08. The van der Waals surface area contributed by atoms with Crippen LogP contribution in [0.15, 0.2) is 18.2 Å². The normalized spacial score (nSPS) is 10.4. The molecule has 16 heavy (non-hydrogen) atoms. The van der Waals surface area contributed by atoms with Crippen LogP contribution < -0.4 is 0 Å². The van der Waals surface area contributed by atoms with E-state index in [1.165, 1.54) is 18.4 Å². The van der Waals surface area contributed by atoms with Crippen molar-refractivity contribution in [3.63, 3.8) is 0 Å². The van der Waals surface area contributed by atoms with Gasteiger partial charge in [-0.2, -0.15) is 11.8 Å². The highest BCUT2D eigenvalue weighted by atomic mass is 32.2. The number of hydrogen-bond acceptors (Lipinski definition) is 2. The largest absolute Gasteiger partial charge is 0.293 e. The van der Waals surface area contributed by atoms with Gasteiger partial charge in [-0.1, -0.05) is 37.1 Å². The zero-order valence-electron chi connectivity index (χ0n) is 10.4. The Kier molecular flexibility index (Phi) is 5.61. The van der Waals surface area contributed by atoms with Gasteiger partial charge in [0.05, 0.1) is 5.75 Å². The molecule has 0 aliphatic carbocycles. The molecule has 0 aromatic heterocycles. The molecular formula is C14H20OS. The first-order chi connectivity index (χ1) is 7.65. The van der Waals surface area contributed by atoms with Crippen molar-refractivity contribution in [3.8, 4) is 0 Å². The summed E-state index contributed by atoms with van der Waals surface area (Å²) in [6.45, 7) is 6.24. The molecule has 1 nitrogen and oxygen atoms in total. The molecule has 0 aliphatic rings. The van der Waals surface area contributed by atoms with Crippen LogP contribution in [0, 0.1) is 13.8 Å². The molecule has 88 valence electrons. The summed E-state index contributed by atoms with van der Waals surface area (Å²) in [4.78, 5) is 11.9. The molecule has 2 heteroatoms. The first-order valence-corrected chi connectivity index (χ1v) is 6.98. The predicted octanol–water partition coefficient (Wildman–Crippen LogP) is 4.02. The van der Waals surface area contributed by atoms with E-state index < -0.39 is 0 Å². The molecule has 0 fully saturated rings. The molecule has 0 saturated carbocycles. The standard InChI is InChI=1S/C14H20OS/c1-4-5-8-16-10-14(15)13-7-6-11(2)9-12(13)3/h6-7,9H,4-5,8,10H2,1-3H3. The highest BCUT2D eigenvalue weighted by Crippen LogP contribution is 2.14. The Morgan fingerprint density at radius 1 is 1.31 bits per heavy atom. The lowest BCUT2D eigenvalue weighted by Gasteiger charge is -2.05. The van der Waals surface area contributed by atoms with Gasteiger partial charge in [0, 0.05) is 5.56 Å². The van der Waals surface area contributed by atoms with Crippen LogP contribution in [-0.4, -0.2) is 17.3 Å². The van der Waals surface area contributed by atoms with Gasteiger partial charge in [0.2, 0.25) is 0 Å². The number of ketones is 1. The summed E-state index contributed by atoms with van der Waals surface area (Å²) in [6.07, 6.45) is 2.40. The monoisotopic (exact) mass is 236 g/mol. The lowest BCUT2D eigenvalue weighted by molar-refractivity contribution is 0.102. The van der Waals surface area contributed by atoms with Crippen molar-refractivity contribution in [1.82, 2.24) is 0 Å². The number of Topliss-reactive ketones (excluding diaryl/α,β-unsaturated/α-hetero) is 1. The Balaban J connectivity index is 2.53. The van der Waals surface area contributed by atoms with Gasteiger partial charge in [0.15, 0.2) is 5.78 Å². The SMILES string of the molecule is CCCCSCC(=O)c1ccc(C)cc1C. The van der Waals surface area contributed by atoms with Crippen LogP contribution in [0.5, 0.6) is 0 Å². The fourth-order valence-corrected chi connectivity index (χ4v) is 2.59. The number of aryl methyl sites for hydroxylation is 2. The molecule has 1 aromatic carbocycles.